The molecule has 15 heteroatoms. The van der Waals surface area contributed by atoms with Crippen LogP contribution in [0.1, 0.15) is 75.6 Å². The summed E-state index contributed by atoms with van der Waals surface area (Å²) in [5.74, 6) is -5.63. The molecule has 1 heterocycles. The van der Waals surface area contributed by atoms with Crippen molar-refractivity contribution in [2.45, 2.75) is 49.1 Å². The van der Waals surface area contributed by atoms with Gasteiger partial charge in [-0.3, -0.25) is 14.4 Å². The Kier molecular flexibility index (Phi) is 8.94. The van der Waals surface area contributed by atoms with Gasteiger partial charge in [0.2, 0.25) is 11.6 Å². The summed E-state index contributed by atoms with van der Waals surface area (Å²) >= 11 is 0. The zero-order valence-corrected chi connectivity index (χ0v) is 27.0. The lowest BCUT2D eigenvalue weighted by Crippen LogP contribution is -2.65. The van der Waals surface area contributed by atoms with Gasteiger partial charge < -0.3 is 55.8 Å². The van der Waals surface area contributed by atoms with Gasteiger partial charge in [0.05, 0.1) is 47.5 Å². The highest BCUT2D eigenvalue weighted by Gasteiger charge is 2.60. The number of hydrogen-bond acceptors (Lipinski definition) is 14. The second-order valence-corrected chi connectivity index (χ2v) is 12.5. The number of ether oxygens (including phenoxy) is 1. The van der Waals surface area contributed by atoms with Crippen LogP contribution in [0.3, 0.4) is 0 Å². The normalized spacial score (nSPS) is 25.0. The molecule has 3 aliphatic rings. The average molecular weight is 723 g/mol. The summed E-state index contributed by atoms with van der Waals surface area (Å²) < 4.78 is 6.10. The van der Waals surface area contributed by atoms with E-state index in [1.54, 1.807) is 0 Å². The van der Waals surface area contributed by atoms with E-state index in [1.807, 2.05) is 0 Å². The zero-order valence-electron chi connectivity index (χ0n) is 26.2. The first kappa shape index (κ1) is 35.9. The summed E-state index contributed by atoms with van der Waals surface area (Å²) in [6.45, 7) is -2.15. The number of halogens is 1. The van der Waals surface area contributed by atoms with Crippen molar-refractivity contribution < 1.29 is 70.2 Å². The Bertz CT molecular complexity index is 2150. The minimum atomic E-state index is -2.33. The fraction of sp³-hybridized carbons (Fsp3) is 0.250. The SMILES string of the molecule is Cl.O=C1c2cc(CO)cc(O)c2C(=O)c2c1ccc(C1(C3O[C@H](CO)[C@@H](O)[C@H](O)[C@H]3O)c3cccc(O)c3C(=O)c3c(O)cc(CO)cc31)c2O. The van der Waals surface area contributed by atoms with Crippen molar-refractivity contribution in [2.75, 3.05) is 6.61 Å². The van der Waals surface area contributed by atoms with E-state index in [0.717, 1.165) is 24.3 Å². The molecule has 14 nitrogen and oxygen atoms in total. The van der Waals surface area contributed by atoms with E-state index in [-0.39, 0.29) is 51.4 Å². The zero-order chi connectivity index (χ0) is 36.0. The van der Waals surface area contributed by atoms with Gasteiger partial charge in [-0.25, -0.2) is 0 Å². The number of aromatic hydroxyl groups is 4. The summed E-state index contributed by atoms with van der Waals surface area (Å²) in [6, 6.07) is 10.8. The molecule has 2 aliphatic carbocycles. The third-order valence-electron chi connectivity index (χ3n) is 9.93. The van der Waals surface area contributed by atoms with Crippen molar-refractivity contribution in [2.24, 2.45) is 0 Å². The standard InChI is InChI=1S/C36H30O14.ClH/c37-10-13-6-16-24(21(41)8-13)31(46)25-15(28(16)43)4-5-18(29(25)44)36(35-34(49)33(48)30(45)23(12-39)50-35)17-2-1-3-20(40)26(17)32(47)27-19(36)7-14(11-38)9-22(27)42;/h1-9,23,30,33-35,37-42,44-45,48-49H,10-12H2;1H/t23-,30-,33+,34-,35?,36?;/m1./s1. The molecule has 266 valence electrons. The first-order valence-electron chi connectivity index (χ1n) is 15.4. The number of fused-ring (bicyclic) bond motifs is 4. The lowest BCUT2D eigenvalue weighted by molar-refractivity contribution is -0.239. The lowest BCUT2D eigenvalue weighted by atomic mass is 9.57. The van der Waals surface area contributed by atoms with E-state index in [2.05, 4.69) is 0 Å². The number of phenols is 4. The maximum Gasteiger partial charge on any atom is 0.201 e. The van der Waals surface area contributed by atoms with E-state index >= 15 is 0 Å². The van der Waals surface area contributed by atoms with Gasteiger partial charge in [-0.1, -0.05) is 24.3 Å². The first-order chi connectivity index (χ1) is 23.8. The van der Waals surface area contributed by atoms with E-state index in [9.17, 15) is 65.4 Å². The molecule has 0 saturated carbocycles. The lowest BCUT2D eigenvalue weighted by Gasteiger charge is -2.52. The van der Waals surface area contributed by atoms with Crippen molar-refractivity contribution in [3.63, 3.8) is 0 Å². The number of rotatable bonds is 5. The highest BCUT2D eigenvalue weighted by atomic mass is 35.5. The molecule has 0 spiro atoms. The fourth-order valence-electron chi connectivity index (χ4n) is 7.71. The number of ketones is 3. The monoisotopic (exact) mass is 722 g/mol. The van der Waals surface area contributed by atoms with Crippen LogP contribution in [-0.4, -0.2) is 106 Å². The van der Waals surface area contributed by atoms with Crippen molar-refractivity contribution in [3.8, 4) is 23.0 Å². The molecule has 1 fully saturated rings. The predicted octanol–water partition coefficient (Wildman–Crippen LogP) is 0.412. The number of carbonyl (C=O) groups excluding carboxylic acids is 3. The van der Waals surface area contributed by atoms with E-state index in [1.165, 1.54) is 30.3 Å². The van der Waals surface area contributed by atoms with Crippen molar-refractivity contribution in [3.05, 3.63) is 116 Å². The van der Waals surface area contributed by atoms with Gasteiger partial charge >= 0.3 is 0 Å². The Balaban J connectivity index is 0.00000448. The van der Waals surface area contributed by atoms with Crippen LogP contribution >= 0.6 is 12.4 Å². The largest absolute Gasteiger partial charge is 0.507 e. The molecule has 4 aromatic carbocycles. The highest BCUT2D eigenvalue weighted by Crippen LogP contribution is 2.57. The molecule has 4 aromatic rings. The van der Waals surface area contributed by atoms with Gasteiger partial charge in [0.15, 0.2) is 5.78 Å². The third kappa shape index (κ3) is 4.80. The molecule has 0 aromatic heterocycles. The number of benzene rings is 4. The minimum absolute atomic E-state index is 0. The Morgan fingerprint density at radius 2 is 1.20 bits per heavy atom. The second kappa shape index (κ2) is 12.7. The van der Waals surface area contributed by atoms with Gasteiger partial charge in [0, 0.05) is 16.7 Å². The number of aliphatic hydroxyl groups excluding tert-OH is 6. The topological polar surface area (TPSA) is 263 Å². The summed E-state index contributed by atoms with van der Waals surface area (Å²) in [5, 5.41) is 109. The smallest absolute Gasteiger partial charge is 0.201 e. The molecule has 7 rings (SSSR count). The van der Waals surface area contributed by atoms with Crippen LogP contribution in [0.15, 0.2) is 54.6 Å². The highest BCUT2D eigenvalue weighted by molar-refractivity contribution is 6.30. The Hall–Kier alpha value is -4.90. The fourth-order valence-corrected chi connectivity index (χ4v) is 7.71. The van der Waals surface area contributed by atoms with Crippen LogP contribution in [0, 0.1) is 0 Å². The van der Waals surface area contributed by atoms with Crippen LogP contribution < -0.4 is 0 Å². The summed E-state index contributed by atoms with van der Waals surface area (Å²) in [7, 11) is 0. The molecule has 0 bridgehead atoms. The van der Waals surface area contributed by atoms with E-state index in [4.69, 9.17) is 4.74 Å². The van der Waals surface area contributed by atoms with Crippen molar-refractivity contribution in [1.29, 1.82) is 0 Å². The summed E-state index contributed by atoms with van der Waals surface area (Å²) in [6.07, 6.45) is -9.44. The second-order valence-electron chi connectivity index (χ2n) is 12.5. The van der Waals surface area contributed by atoms with Crippen LogP contribution in [0.4, 0.5) is 0 Å². The molecule has 0 amide bonds. The van der Waals surface area contributed by atoms with Gasteiger partial charge in [0.25, 0.3) is 0 Å². The maximum absolute atomic E-state index is 14.1. The Morgan fingerprint density at radius 3 is 1.84 bits per heavy atom. The molecule has 1 aliphatic heterocycles. The Morgan fingerprint density at radius 1 is 0.588 bits per heavy atom. The van der Waals surface area contributed by atoms with Crippen LogP contribution in [-0.2, 0) is 23.4 Å². The Labute approximate surface area is 294 Å². The maximum atomic E-state index is 14.1. The predicted molar refractivity (Wildman–Crippen MR) is 175 cm³/mol. The quantitative estimate of drug-likeness (QED) is 0.118. The first-order valence-corrected chi connectivity index (χ1v) is 15.4. The molecule has 6 atom stereocenters. The average Bonchev–Trinajstić information content (AvgIpc) is 3.10. The van der Waals surface area contributed by atoms with E-state index < -0.39 is 118 Å². The van der Waals surface area contributed by atoms with Gasteiger partial charge in [-0.15, -0.1) is 12.4 Å². The summed E-state index contributed by atoms with van der Waals surface area (Å²) in [5.41, 5.74) is -5.56. The number of phenolic OH excluding ortho intramolecular Hbond substituents is 4. The van der Waals surface area contributed by atoms with Gasteiger partial charge in [-0.2, -0.15) is 0 Å². The summed E-state index contributed by atoms with van der Waals surface area (Å²) in [4.78, 5) is 42.0. The van der Waals surface area contributed by atoms with Crippen LogP contribution in [0.5, 0.6) is 23.0 Å². The molecule has 10 N–H and O–H groups in total. The van der Waals surface area contributed by atoms with Crippen LogP contribution in [0.25, 0.3) is 0 Å². The van der Waals surface area contributed by atoms with Crippen molar-refractivity contribution in [1.82, 2.24) is 0 Å². The van der Waals surface area contributed by atoms with Gasteiger partial charge in [0.1, 0.15) is 53.5 Å². The minimum Gasteiger partial charge on any atom is -0.507 e. The molecular formula is C36H31ClO14. The molecular weight excluding hydrogens is 692 g/mol. The van der Waals surface area contributed by atoms with Crippen LogP contribution in [0.2, 0.25) is 0 Å². The third-order valence-corrected chi connectivity index (χ3v) is 9.93. The van der Waals surface area contributed by atoms with Gasteiger partial charge in [-0.05, 0) is 52.6 Å². The molecule has 0 radical (unpaired) electrons. The molecule has 51 heavy (non-hydrogen) atoms. The number of hydrogen-bond donors (Lipinski definition) is 10. The molecule has 2 unspecified atom stereocenters. The van der Waals surface area contributed by atoms with Crippen molar-refractivity contribution >= 4 is 29.8 Å². The number of carbonyl (C=O) groups is 3. The molecule has 1 saturated heterocycles. The number of aliphatic hydroxyl groups is 6. The van der Waals surface area contributed by atoms with E-state index in [0.29, 0.717) is 0 Å².